The van der Waals surface area contributed by atoms with Crippen molar-refractivity contribution >= 4 is 11.9 Å². The molecule has 224 valence electrons. The average Bonchev–Trinajstić information content (AvgIpc) is 2.89. The number of unbranched alkanes of at least 4 members (excludes halogenated alkanes) is 19. The molecule has 0 amide bonds. The Balaban J connectivity index is 4.00. The Morgan fingerprint density at radius 2 is 0.974 bits per heavy atom. The van der Waals surface area contributed by atoms with Gasteiger partial charge in [0, 0.05) is 12.8 Å². The van der Waals surface area contributed by atoms with E-state index in [1.807, 2.05) is 0 Å². The van der Waals surface area contributed by atoms with Gasteiger partial charge >= 0.3 is 11.9 Å². The van der Waals surface area contributed by atoms with Crippen LogP contribution in [-0.4, -0.2) is 23.1 Å². The van der Waals surface area contributed by atoms with E-state index in [4.69, 9.17) is 9.84 Å². The molecule has 0 aromatic rings. The largest absolute Gasteiger partial charge is 0.481 e. The highest BCUT2D eigenvalue weighted by Crippen LogP contribution is 2.18. The third-order valence-corrected chi connectivity index (χ3v) is 7.49. The number of carboxylic acids is 1. The number of carbonyl (C=O) groups is 2. The number of allylic oxidation sites excluding steroid dienone is 2. The van der Waals surface area contributed by atoms with Crippen molar-refractivity contribution in [3.63, 3.8) is 0 Å². The summed E-state index contributed by atoms with van der Waals surface area (Å²) in [7, 11) is 0. The lowest BCUT2D eigenvalue weighted by molar-refractivity contribution is -0.150. The van der Waals surface area contributed by atoms with Crippen molar-refractivity contribution in [1.29, 1.82) is 0 Å². The van der Waals surface area contributed by atoms with E-state index < -0.39 is 5.97 Å². The van der Waals surface area contributed by atoms with Crippen molar-refractivity contribution in [2.24, 2.45) is 0 Å². The van der Waals surface area contributed by atoms with Crippen LogP contribution >= 0.6 is 0 Å². The van der Waals surface area contributed by atoms with Gasteiger partial charge in [-0.15, -0.1) is 0 Å². The molecule has 0 spiro atoms. The molecule has 0 aliphatic carbocycles. The fourth-order valence-corrected chi connectivity index (χ4v) is 4.99. The lowest BCUT2D eigenvalue weighted by atomic mass is 10.0. The van der Waals surface area contributed by atoms with Crippen molar-refractivity contribution in [3.8, 4) is 0 Å². The lowest BCUT2D eigenvalue weighted by Gasteiger charge is -2.18. The molecule has 0 saturated heterocycles. The summed E-state index contributed by atoms with van der Waals surface area (Å²) in [6.07, 6.45) is 35.0. The average molecular weight is 537 g/mol. The maximum atomic E-state index is 12.5. The number of ether oxygens (including phenoxy) is 1. The minimum Gasteiger partial charge on any atom is -0.481 e. The molecule has 0 bridgehead atoms. The Morgan fingerprint density at radius 3 is 1.53 bits per heavy atom. The second kappa shape index (κ2) is 30.2. The molecule has 1 N–H and O–H groups in total. The molecule has 0 aromatic heterocycles. The molecular weight excluding hydrogens is 472 g/mol. The number of carboxylic acid groups (broad SMARTS) is 1. The summed E-state index contributed by atoms with van der Waals surface area (Å²) in [6, 6.07) is 0. The van der Waals surface area contributed by atoms with Gasteiger partial charge in [0.05, 0.1) is 0 Å². The van der Waals surface area contributed by atoms with E-state index in [0.29, 0.717) is 12.8 Å². The number of aliphatic carboxylic acids is 1. The van der Waals surface area contributed by atoms with Crippen molar-refractivity contribution < 1.29 is 19.4 Å². The van der Waals surface area contributed by atoms with Crippen molar-refractivity contribution in [2.45, 2.75) is 193 Å². The fourth-order valence-electron chi connectivity index (χ4n) is 4.99. The number of carbonyl (C=O) groups excluding carboxylic acids is 1. The Kier molecular flexibility index (Phi) is 29.2. The van der Waals surface area contributed by atoms with Gasteiger partial charge in [-0.05, 0) is 57.8 Å². The third kappa shape index (κ3) is 29.2. The highest BCUT2D eigenvalue weighted by Gasteiger charge is 2.14. The molecule has 1 atom stereocenters. The second-order valence-corrected chi connectivity index (χ2v) is 11.3. The van der Waals surface area contributed by atoms with Gasteiger partial charge < -0.3 is 9.84 Å². The molecule has 0 aliphatic rings. The molecule has 0 fully saturated rings. The van der Waals surface area contributed by atoms with E-state index in [9.17, 15) is 9.59 Å². The van der Waals surface area contributed by atoms with E-state index in [0.717, 1.165) is 44.9 Å². The first-order valence-corrected chi connectivity index (χ1v) is 16.7. The number of hydrogen-bond donors (Lipinski definition) is 1. The quantitative estimate of drug-likeness (QED) is 0.0563. The van der Waals surface area contributed by atoms with Crippen molar-refractivity contribution in [1.82, 2.24) is 0 Å². The lowest BCUT2D eigenvalue weighted by Crippen LogP contribution is -2.18. The van der Waals surface area contributed by atoms with Crippen LogP contribution in [0.15, 0.2) is 12.2 Å². The van der Waals surface area contributed by atoms with Gasteiger partial charge in [0.1, 0.15) is 6.10 Å². The normalized spacial score (nSPS) is 12.3. The summed E-state index contributed by atoms with van der Waals surface area (Å²) in [5.41, 5.74) is 0. The summed E-state index contributed by atoms with van der Waals surface area (Å²) in [6.45, 7) is 4.50. The van der Waals surface area contributed by atoms with E-state index in [1.165, 1.54) is 109 Å². The summed E-state index contributed by atoms with van der Waals surface area (Å²) in [5.74, 6) is -0.764. The van der Waals surface area contributed by atoms with Crippen LogP contribution in [0.4, 0.5) is 0 Å². The monoisotopic (exact) mass is 536 g/mol. The Labute approximate surface area is 236 Å². The molecule has 0 aliphatic heterocycles. The molecule has 0 heterocycles. The van der Waals surface area contributed by atoms with Gasteiger partial charge in [0.2, 0.25) is 0 Å². The van der Waals surface area contributed by atoms with E-state index in [2.05, 4.69) is 26.0 Å². The molecule has 0 rings (SSSR count). The zero-order chi connectivity index (χ0) is 27.9. The number of hydrogen-bond acceptors (Lipinski definition) is 3. The van der Waals surface area contributed by atoms with Crippen LogP contribution in [-0.2, 0) is 14.3 Å². The Hall–Kier alpha value is -1.32. The zero-order valence-electron chi connectivity index (χ0n) is 25.5. The highest BCUT2D eigenvalue weighted by molar-refractivity contribution is 5.69. The third-order valence-electron chi connectivity index (χ3n) is 7.49. The smallest absolute Gasteiger partial charge is 0.306 e. The second-order valence-electron chi connectivity index (χ2n) is 11.3. The van der Waals surface area contributed by atoms with E-state index >= 15 is 0 Å². The first kappa shape index (κ1) is 36.7. The van der Waals surface area contributed by atoms with E-state index in [-0.39, 0.29) is 18.5 Å². The Bertz CT molecular complexity index is 543. The summed E-state index contributed by atoms with van der Waals surface area (Å²) in [5, 5.41) is 8.84. The van der Waals surface area contributed by atoms with E-state index in [1.54, 1.807) is 0 Å². The van der Waals surface area contributed by atoms with Gasteiger partial charge in [-0.3, -0.25) is 9.59 Å². The van der Waals surface area contributed by atoms with Crippen molar-refractivity contribution in [2.75, 3.05) is 0 Å². The molecule has 0 saturated carbocycles. The van der Waals surface area contributed by atoms with Gasteiger partial charge in [-0.2, -0.15) is 0 Å². The zero-order valence-corrected chi connectivity index (χ0v) is 25.5. The summed E-state index contributed by atoms with van der Waals surface area (Å²) in [4.78, 5) is 23.2. The minimum atomic E-state index is -0.725. The molecule has 0 aromatic carbocycles. The first-order chi connectivity index (χ1) is 18.6. The van der Waals surface area contributed by atoms with Crippen LogP contribution in [0.25, 0.3) is 0 Å². The van der Waals surface area contributed by atoms with Crippen LogP contribution in [0.2, 0.25) is 0 Å². The van der Waals surface area contributed by atoms with Gasteiger partial charge in [-0.25, -0.2) is 0 Å². The van der Waals surface area contributed by atoms with Crippen LogP contribution < -0.4 is 0 Å². The predicted octanol–water partition coefficient (Wildman–Crippen LogP) is 11.1. The standard InChI is InChI=1S/C34H64O4/c1-3-5-7-9-11-13-15-17-19-21-24-28-32(29-25-23-26-30-33(35)36)38-34(37)31-27-22-20-18-16-14-12-10-8-6-4-2/h10,12,32H,3-9,11,13-31H2,1-2H3,(H,35,36)/b12-10-. The van der Waals surface area contributed by atoms with Crippen LogP contribution in [0, 0.1) is 0 Å². The molecule has 38 heavy (non-hydrogen) atoms. The topological polar surface area (TPSA) is 63.6 Å². The highest BCUT2D eigenvalue weighted by atomic mass is 16.5. The number of esters is 1. The van der Waals surface area contributed by atoms with Gasteiger partial charge in [-0.1, -0.05) is 129 Å². The van der Waals surface area contributed by atoms with Gasteiger partial charge in [0.15, 0.2) is 0 Å². The summed E-state index contributed by atoms with van der Waals surface area (Å²) >= 11 is 0. The molecule has 4 heteroatoms. The summed E-state index contributed by atoms with van der Waals surface area (Å²) < 4.78 is 5.90. The minimum absolute atomic E-state index is 0.00499. The maximum Gasteiger partial charge on any atom is 0.306 e. The SMILES string of the molecule is CCCC/C=C\CCCCCCCC(=O)OC(CCCCCCCCCCCCC)CCCCCC(=O)O. The van der Waals surface area contributed by atoms with Crippen LogP contribution in [0.3, 0.4) is 0 Å². The van der Waals surface area contributed by atoms with Crippen LogP contribution in [0.1, 0.15) is 187 Å². The predicted molar refractivity (Wildman–Crippen MR) is 163 cm³/mol. The molecular formula is C34H64O4. The maximum absolute atomic E-state index is 12.5. The fraction of sp³-hybridized carbons (Fsp3) is 0.882. The molecule has 1 unspecified atom stereocenters. The number of rotatable bonds is 30. The first-order valence-electron chi connectivity index (χ1n) is 16.7. The Morgan fingerprint density at radius 1 is 0.553 bits per heavy atom. The molecule has 0 radical (unpaired) electrons. The van der Waals surface area contributed by atoms with Gasteiger partial charge in [0.25, 0.3) is 0 Å². The van der Waals surface area contributed by atoms with Crippen molar-refractivity contribution in [3.05, 3.63) is 12.2 Å². The van der Waals surface area contributed by atoms with Crippen LogP contribution in [0.5, 0.6) is 0 Å². The molecule has 4 nitrogen and oxygen atoms in total.